The van der Waals surface area contributed by atoms with Crippen LogP contribution in [0.15, 0.2) is 24.3 Å². The number of hydrogen-bond donors (Lipinski definition) is 0. The molecule has 0 aromatic carbocycles. The third kappa shape index (κ3) is 1.43. The number of rotatable bonds is 1. The first kappa shape index (κ1) is 9.81. The average Bonchev–Trinajstić information content (AvgIpc) is 1.93. The molecule has 0 aliphatic heterocycles. The average molecular weight is 207 g/mol. The third-order valence-corrected chi connectivity index (χ3v) is 4.92. The van der Waals surface area contributed by atoms with Gasteiger partial charge in [-0.1, -0.05) is 31.2 Å². The van der Waals surface area contributed by atoms with Gasteiger partial charge in [-0.3, -0.25) is 0 Å². The number of halogens is 1. The predicted molar refractivity (Wildman–Crippen MR) is 50.6 cm³/mol. The lowest BCUT2D eigenvalue weighted by molar-refractivity contribution is 0.526. The molecule has 0 spiro atoms. The van der Waals surface area contributed by atoms with E-state index in [4.69, 9.17) is 10.7 Å². The van der Waals surface area contributed by atoms with E-state index in [1.54, 1.807) is 19.1 Å². The SMILES string of the molecule is CC1C=CC=CC1(C)S(=O)(=O)Cl. The van der Waals surface area contributed by atoms with Gasteiger partial charge < -0.3 is 0 Å². The van der Waals surface area contributed by atoms with E-state index in [2.05, 4.69) is 0 Å². The molecule has 0 saturated heterocycles. The Labute approximate surface area is 77.3 Å². The highest BCUT2D eigenvalue weighted by molar-refractivity contribution is 8.15. The summed E-state index contributed by atoms with van der Waals surface area (Å²) in [5.41, 5.74) is 0. The summed E-state index contributed by atoms with van der Waals surface area (Å²) < 4.78 is 21.4. The lowest BCUT2D eigenvalue weighted by atomic mass is 9.91. The summed E-state index contributed by atoms with van der Waals surface area (Å²) in [5, 5.41) is 0. The predicted octanol–water partition coefficient (Wildman–Crippen LogP) is 2.08. The first-order valence-corrected chi connectivity index (χ1v) is 5.99. The minimum absolute atomic E-state index is 0.0787. The van der Waals surface area contributed by atoms with Crippen LogP contribution < -0.4 is 0 Å². The van der Waals surface area contributed by atoms with Crippen LogP contribution in [0.3, 0.4) is 0 Å². The molecule has 0 bridgehead atoms. The van der Waals surface area contributed by atoms with Gasteiger partial charge in [0, 0.05) is 10.7 Å². The normalized spacial score (nSPS) is 35.4. The molecule has 0 aromatic heterocycles. The van der Waals surface area contributed by atoms with Gasteiger partial charge >= 0.3 is 0 Å². The van der Waals surface area contributed by atoms with E-state index in [9.17, 15) is 8.42 Å². The fourth-order valence-electron chi connectivity index (χ4n) is 1.12. The molecule has 2 atom stereocenters. The molecule has 0 fully saturated rings. The van der Waals surface area contributed by atoms with Crippen LogP contribution in [0.25, 0.3) is 0 Å². The van der Waals surface area contributed by atoms with E-state index in [1.165, 1.54) is 0 Å². The van der Waals surface area contributed by atoms with Crippen LogP contribution >= 0.6 is 10.7 Å². The third-order valence-electron chi connectivity index (χ3n) is 2.37. The second kappa shape index (κ2) is 2.89. The van der Waals surface area contributed by atoms with Crippen molar-refractivity contribution in [3.8, 4) is 0 Å². The molecule has 68 valence electrons. The summed E-state index contributed by atoms with van der Waals surface area (Å²) in [4.78, 5) is 0. The Balaban J connectivity index is 3.16. The quantitative estimate of drug-likeness (QED) is 0.616. The molecule has 0 N–H and O–H groups in total. The summed E-state index contributed by atoms with van der Waals surface area (Å²) in [6.45, 7) is 3.46. The Kier molecular flexibility index (Phi) is 2.36. The molecule has 12 heavy (non-hydrogen) atoms. The number of allylic oxidation sites excluding steroid dienone is 3. The maximum Gasteiger partial charge on any atom is 0.242 e. The zero-order valence-corrected chi connectivity index (χ0v) is 8.56. The molecule has 2 nitrogen and oxygen atoms in total. The van der Waals surface area contributed by atoms with Gasteiger partial charge in [0.25, 0.3) is 0 Å². The molecule has 0 radical (unpaired) electrons. The lowest BCUT2D eigenvalue weighted by Gasteiger charge is -2.29. The van der Waals surface area contributed by atoms with Crippen molar-refractivity contribution in [1.29, 1.82) is 0 Å². The van der Waals surface area contributed by atoms with E-state index in [0.717, 1.165) is 0 Å². The van der Waals surface area contributed by atoms with Gasteiger partial charge in [-0.15, -0.1) is 0 Å². The van der Waals surface area contributed by atoms with Crippen LogP contribution in [0.1, 0.15) is 13.8 Å². The van der Waals surface area contributed by atoms with Gasteiger partial charge in [0.15, 0.2) is 0 Å². The Bertz CT molecular complexity index is 329. The molecule has 0 amide bonds. The van der Waals surface area contributed by atoms with Gasteiger partial charge in [0.2, 0.25) is 9.05 Å². The lowest BCUT2D eigenvalue weighted by Crippen LogP contribution is -2.36. The summed E-state index contributed by atoms with van der Waals surface area (Å²) >= 11 is 0. The highest BCUT2D eigenvalue weighted by Crippen LogP contribution is 2.34. The highest BCUT2D eigenvalue weighted by atomic mass is 35.7. The Morgan fingerprint density at radius 2 is 2.00 bits per heavy atom. The molecule has 1 aliphatic carbocycles. The van der Waals surface area contributed by atoms with Crippen molar-refractivity contribution in [1.82, 2.24) is 0 Å². The molecule has 0 saturated carbocycles. The van der Waals surface area contributed by atoms with Crippen LogP contribution in [-0.2, 0) is 9.05 Å². The largest absolute Gasteiger partial charge is 0.242 e. The Morgan fingerprint density at radius 3 is 2.33 bits per heavy atom. The van der Waals surface area contributed by atoms with Crippen molar-refractivity contribution in [2.75, 3.05) is 0 Å². The van der Waals surface area contributed by atoms with Crippen molar-refractivity contribution in [2.24, 2.45) is 5.92 Å². The Morgan fingerprint density at radius 1 is 1.42 bits per heavy atom. The summed E-state index contributed by atoms with van der Waals surface area (Å²) in [5.74, 6) is -0.0787. The van der Waals surface area contributed by atoms with Crippen LogP contribution in [0, 0.1) is 5.92 Å². The monoisotopic (exact) mass is 206 g/mol. The zero-order chi connectivity index (χ0) is 9.41. The van der Waals surface area contributed by atoms with Gasteiger partial charge in [-0.2, -0.15) is 0 Å². The van der Waals surface area contributed by atoms with Gasteiger partial charge in [0.1, 0.15) is 4.75 Å². The van der Waals surface area contributed by atoms with Crippen molar-refractivity contribution in [2.45, 2.75) is 18.6 Å². The minimum atomic E-state index is -3.54. The highest BCUT2D eigenvalue weighted by Gasteiger charge is 2.40. The maximum atomic E-state index is 11.2. The second-order valence-corrected chi connectivity index (χ2v) is 6.13. The van der Waals surface area contributed by atoms with E-state index >= 15 is 0 Å². The van der Waals surface area contributed by atoms with Crippen LogP contribution in [0.2, 0.25) is 0 Å². The van der Waals surface area contributed by atoms with Crippen molar-refractivity contribution < 1.29 is 8.42 Å². The standard InChI is InChI=1S/C8H11ClO2S/c1-7-5-3-4-6-8(7,2)12(9,10)11/h3-7H,1-2H3. The topological polar surface area (TPSA) is 34.1 Å². The summed E-state index contributed by atoms with van der Waals surface area (Å²) in [7, 11) is 1.79. The second-order valence-electron chi connectivity index (χ2n) is 3.15. The van der Waals surface area contributed by atoms with E-state index < -0.39 is 13.8 Å². The van der Waals surface area contributed by atoms with E-state index in [-0.39, 0.29) is 5.92 Å². The summed E-state index contributed by atoms with van der Waals surface area (Å²) in [6, 6.07) is 0. The summed E-state index contributed by atoms with van der Waals surface area (Å²) in [6.07, 6.45) is 6.99. The van der Waals surface area contributed by atoms with Gasteiger partial charge in [-0.05, 0) is 12.8 Å². The van der Waals surface area contributed by atoms with Crippen molar-refractivity contribution >= 4 is 19.7 Å². The fraction of sp³-hybridized carbons (Fsp3) is 0.500. The first-order valence-electron chi connectivity index (χ1n) is 3.68. The smallest absolute Gasteiger partial charge is 0.211 e. The molecule has 4 heteroatoms. The Hall–Kier alpha value is -0.280. The van der Waals surface area contributed by atoms with Crippen LogP contribution in [0.4, 0.5) is 0 Å². The fourth-order valence-corrected chi connectivity index (χ4v) is 2.46. The molecule has 1 aliphatic rings. The molecule has 1 rings (SSSR count). The molecule has 0 heterocycles. The minimum Gasteiger partial charge on any atom is -0.211 e. The molecular formula is C8H11ClO2S. The van der Waals surface area contributed by atoms with E-state index in [1.807, 2.05) is 19.1 Å². The number of hydrogen-bond acceptors (Lipinski definition) is 2. The first-order chi connectivity index (χ1) is 5.38. The zero-order valence-electron chi connectivity index (χ0n) is 6.99. The van der Waals surface area contributed by atoms with Crippen molar-refractivity contribution in [3.05, 3.63) is 24.3 Å². The molecular weight excluding hydrogens is 196 g/mol. The maximum absolute atomic E-state index is 11.2. The van der Waals surface area contributed by atoms with E-state index in [0.29, 0.717) is 0 Å². The molecule has 2 unspecified atom stereocenters. The van der Waals surface area contributed by atoms with Gasteiger partial charge in [0.05, 0.1) is 0 Å². The van der Waals surface area contributed by atoms with Crippen LogP contribution in [0.5, 0.6) is 0 Å². The molecule has 0 aromatic rings. The van der Waals surface area contributed by atoms with Crippen LogP contribution in [-0.4, -0.2) is 13.2 Å². The van der Waals surface area contributed by atoms with Gasteiger partial charge in [-0.25, -0.2) is 8.42 Å². The van der Waals surface area contributed by atoms with Crippen molar-refractivity contribution in [3.63, 3.8) is 0 Å².